The Hall–Kier alpha value is -4.62. The molecule has 14 heteroatoms. The molecule has 1 aliphatic rings. The van der Waals surface area contributed by atoms with Gasteiger partial charge in [-0.15, -0.1) is 0 Å². The topological polar surface area (TPSA) is 125 Å². The average Bonchev–Trinajstić information content (AvgIpc) is 3.67. The SMILES string of the molecule is COc1c(Oc2ccnc(NC(=O)C3CC3)c2)cnc2nc(Nc3cc(C(F)(F)F)cn(C)c3=O)n(C)c12. The maximum atomic E-state index is 13.3. The Balaban J connectivity index is 1.47. The molecule has 11 nitrogen and oxygen atoms in total. The lowest BCUT2D eigenvalue weighted by atomic mass is 10.2. The third-order valence-corrected chi connectivity index (χ3v) is 5.94. The van der Waals surface area contributed by atoms with Gasteiger partial charge in [-0.2, -0.15) is 18.2 Å². The lowest BCUT2D eigenvalue weighted by molar-refractivity contribution is -0.138. The minimum Gasteiger partial charge on any atom is -0.491 e. The third-order valence-electron chi connectivity index (χ3n) is 5.94. The van der Waals surface area contributed by atoms with Gasteiger partial charge in [-0.3, -0.25) is 9.59 Å². The van der Waals surface area contributed by atoms with E-state index in [1.54, 1.807) is 19.2 Å². The number of amides is 1. The van der Waals surface area contributed by atoms with Crippen molar-refractivity contribution in [3.63, 3.8) is 0 Å². The van der Waals surface area contributed by atoms with Crippen molar-refractivity contribution < 1.29 is 27.4 Å². The van der Waals surface area contributed by atoms with Crippen LogP contribution < -0.4 is 25.7 Å². The Kier molecular flexibility index (Phi) is 6.17. The summed E-state index contributed by atoms with van der Waals surface area (Å²) in [7, 11) is 4.23. The van der Waals surface area contributed by atoms with Gasteiger partial charge in [0, 0.05) is 38.5 Å². The molecule has 198 valence electrons. The van der Waals surface area contributed by atoms with E-state index in [9.17, 15) is 22.8 Å². The molecule has 4 aromatic rings. The molecule has 1 aliphatic carbocycles. The predicted octanol–water partition coefficient (Wildman–Crippen LogP) is 3.97. The highest BCUT2D eigenvalue weighted by atomic mass is 19.4. The number of alkyl halides is 3. The molecule has 0 atom stereocenters. The molecular formula is C24H22F3N7O4. The molecule has 0 aliphatic heterocycles. The van der Waals surface area contributed by atoms with Gasteiger partial charge >= 0.3 is 6.18 Å². The fourth-order valence-corrected chi connectivity index (χ4v) is 3.83. The number of imidazole rings is 1. The Labute approximate surface area is 213 Å². The van der Waals surface area contributed by atoms with Crippen LogP contribution in [-0.4, -0.2) is 37.1 Å². The molecule has 0 saturated heterocycles. The molecule has 1 saturated carbocycles. The number of methoxy groups -OCH3 is 1. The fourth-order valence-electron chi connectivity index (χ4n) is 3.83. The zero-order chi connectivity index (χ0) is 27.2. The summed E-state index contributed by atoms with van der Waals surface area (Å²) in [5, 5.41) is 5.43. The van der Waals surface area contributed by atoms with Crippen LogP contribution in [0.4, 0.5) is 30.6 Å². The van der Waals surface area contributed by atoms with Crippen LogP contribution in [0.3, 0.4) is 0 Å². The molecule has 1 amide bonds. The van der Waals surface area contributed by atoms with Crippen LogP contribution in [0.25, 0.3) is 11.2 Å². The van der Waals surface area contributed by atoms with Crippen molar-refractivity contribution in [2.75, 3.05) is 17.7 Å². The van der Waals surface area contributed by atoms with Gasteiger partial charge in [0.2, 0.25) is 11.9 Å². The number of carbonyl (C=O) groups excluding carboxylic acids is 1. The first-order chi connectivity index (χ1) is 18.0. The van der Waals surface area contributed by atoms with Crippen LogP contribution in [-0.2, 0) is 25.1 Å². The average molecular weight is 529 g/mol. The zero-order valence-electron chi connectivity index (χ0n) is 20.5. The number of rotatable bonds is 7. The number of fused-ring (bicyclic) bond motifs is 1. The van der Waals surface area contributed by atoms with E-state index < -0.39 is 17.3 Å². The van der Waals surface area contributed by atoms with Crippen molar-refractivity contribution >= 4 is 34.5 Å². The second-order valence-electron chi connectivity index (χ2n) is 8.75. The molecule has 5 rings (SSSR count). The van der Waals surface area contributed by atoms with E-state index in [-0.39, 0.29) is 40.6 Å². The predicted molar refractivity (Wildman–Crippen MR) is 131 cm³/mol. The monoisotopic (exact) mass is 529 g/mol. The smallest absolute Gasteiger partial charge is 0.417 e. The largest absolute Gasteiger partial charge is 0.491 e. The highest BCUT2D eigenvalue weighted by Crippen LogP contribution is 2.38. The zero-order valence-corrected chi connectivity index (χ0v) is 20.5. The number of anilines is 3. The second-order valence-corrected chi connectivity index (χ2v) is 8.75. The number of carbonyl (C=O) groups is 1. The van der Waals surface area contributed by atoms with Crippen LogP contribution in [0, 0.1) is 5.92 Å². The van der Waals surface area contributed by atoms with Crippen molar-refractivity contribution in [3.8, 4) is 17.2 Å². The first kappa shape index (κ1) is 25.0. The van der Waals surface area contributed by atoms with Gasteiger partial charge in [0.15, 0.2) is 17.1 Å². The number of pyridine rings is 3. The van der Waals surface area contributed by atoms with Gasteiger partial charge in [-0.05, 0) is 25.0 Å². The molecule has 0 radical (unpaired) electrons. The minimum atomic E-state index is -4.64. The molecule has 0 aromatic carbocycles. The molecule has 0 bridgehead atoms. The van der Waals surface area contributed by atoms with E-state index in [1.165, 1.54) is 31.1 Å². The third kappa shape index (κ3) is 4.84. The quantitative estimate of drug-likeness (QED) is 0.369. The molecule has 4 heterocycles. The summed E-state index contributed by atoms with van der Waals surface area (Å²) in [6, 6.07) is 3.88. The summed E-state index contributed by atoms with van der Waals surface area (Å²) < 4.78 is 53.7. The van der Waals surface area contributed by atoms with Gasteiger partial charge < -0.3 is 29.2 Å². The maximum Gasteiger partial charge on any atom is 0.417 e. The van der Waals surface area contributed by atoms with E-state index >= 15 is 0 Å². The van der Waals surface area contributed by atoms with Crippen molar-refractivity contribution in [2.24, 2.45) is 20.0 Å². The van der Waals surface area contributed by atoms with E-state index in [2.05, 4.69) is 25.6 Å². The molecular weight excluding hydrogens is 507 g/mol. The molecule has 38 heavy (non-hydrogen) atoms. The van der Waals surface area contributed by atoms with E-state index in [4.69, 9.17) is 9.47 Å². The second kappa shape index (κ2) is 9.36. The lowest BCUT2D eigenvalue weighted by Gasteiger charge is -2.13. The van der Waals surface area contributed by atoms with Crippen molar-refractivity contribution in [2.45, 2.75) is 19.0 Å². The van der Waals surface area contributed by atoms with Crippen molar-refractivity contribution in [3.05, 3.63) is 52.7 Å². The Bertz CT molecular complexity index is 1610. The number of nitrogens with one attached hydrogen (secondary N) is 2. The highest BCUT2D eigenvalue weighted by molar-refractivity contribution is 5.93. The normalized spacial score (nSPS) is 13.4. The van der Waals surface area contributed by atoms with Crippen LogP contribution in [0.1, 0.15) is 18.4 Å². The molecule has 1 fully saturated rings. The lowest BCUT2D eigenvalue weighted by Crippen LogP contribution is -2.23. The molecule has 0 unspecified atom stereocenters. The van der Waals surface area contributed by atoms with Crippen LogP contribution in [0.5, 0.6) is 17.2 Å². The molecule has 0 spiro atoms. The number of aromatic nitrogens is 5. The Morgan fingerprint density at radius 3 is 2.63 bits per heavy atom. The van der Waals surface area contributed by atoms with Gasteiger partial charge in [0.25, 0.3) is 5.56 Å². The van der Waals surface area contributed by atoms with E-state index in [0.29, 0.717) is 17.1 Å². The summed E-state index contributed by atoms with van der Waals surface area (Å²) >= 11 is 0. The molecule has 4 aromatic heterocycles. The van der Waals surface area contributed by atoms with Crippen LogP contribution in [0.2, 0.25) is 0 Å². The van der Waals surface area contributed by atoms with Crippen LogP contribution in [0.15, 0.2) is 41.6 Å². The van der Waals surface area contributed by atoms with E-state index in [0.717, 1.165) is 29.7 Å². The standard InChI is InChI=1S/C24H22F3N7O4/c1-33-11-13(24(25,26)27)8-15(22(33)36)30-23-32-20-18(34(23)2)19(37-3)16(10-29-20)38-14-6-7-28-17(9-14)31-21(35)12-4-5-12/h6-12H,4-5H2,1-3H3,(H,28,31,35)(H,29,30,32). The summed E-state index contributed by atoms with van der Waals surface area (Å²) in [4.78, 5) is 37.3. The van der Waals surface area contributed by atoms with Gasteiger partial charge in [-0.25, -0.2) is 9.97 Å². The Morgan fingerprint density at radius 2 is 1.95 bits per heavy atom. The highest BCUT2D eigenvalue weighted by Gasteiger charge is 2.32. The first-order valence-electron chi connectivity index (χ1n) is 11.4. The summed E-state index contributed by atoms with van der Waals surface area (Å²) in [5.74, 6) is 1.14. The van der Waals surface area contributed by atoms with Gasteiger partial charge in [0.05, 0.1) is 18.9 Å². The van der Waals surface area contributed by atoms with Crippen LogP contribution >= 0.6 is 0 Å². The van der Waals surface area contributed by atoms with Gasteiger partial charge in [-0.1, -0.05) is 0 Å². The van der Waals surface area contributed by atoms with Crippen molar-refractivity contribution in [1.29, 1.82) is 0 Å². The minimum absolute atomic E-state index is 0.0110. The summed E-state index contributed by atoms with van der Waals surface area (Å²) in [6.45, 7) is 0. The van der Waals surface area contributed by atoms with Crippen molar-refractivity contribution in [1.82, 2.24) is 24.1 Å². The fraction of sp³-hybridized carbons (Fsp3) is 0.292. The number of ether oxygens (including phenoxy) is 2. The molecule has 2 N–H and O–H groups in total. The Morgan fingerprint density at radius 1 is 1.18 bits per heavy atom. The van der Waals surface area contributed by atoms with E-state index in [1.807, 2.05) is 0 Å². The number of hydrogen-bond acceptors (Lipinski definition) is 8. The number of aryl methyl sites for hydroxylation is 2. The maximum absolute atomic E-state index is 13.3. The summed E-state index contributed by atoms with van der Waals surface area (Å²) in [6.07, 6.45) is 0.656. The number of halogens is 3. The summed E-state index contributed by atoms with van der Waals surface area (Å²) in [5.41, 5.74) is -1.40. The van der Waals surface area contributed by atoms with Gasteiger partial charge in [0.1, 0.15) is 22.8 Å². The number of hydrogen-bond donors (Lipinski definition) is 2. The number of nitrogens with zero attached hydrogens (tertiary/aromatic N) is 5. The first-order valence-corrected chi connectivity index (χ1v) is 11.4.